The topological polar surface area (TPSA) is 43.4 Å². The normalized spacial score (nSPS) is 10.8. The third-order valence-corrected chi connectivity index (χ3v) is 4.06. The minimum absolute atomic E-state index is 0.808. The van der Waals surface area contributed by atoms with Crippen molar-refractivity contribution in [1.82, 2.24) is 10.3 Å². The molecule has 0 aliphatic carbocycles. The zero-order chi connectivity index (χ0) is 14.9. The summed E-state index contributed by atoms with van der Waals surface area (Å²) in [5.41, 5.74) is 2.04. The zero-order valence-corrected chi connectivity index (χ0v) is 13.4. The molecule has 0 saturated carbocycles. The van der Waals surface area contributed by atoms with E-state index in [1.54, 1.807) is 25.6 Å². The van der Waals surface area contributed by atoms with Gasteiger partial charge in [0.2, 0.25) is 0 Å². The van der Waals surface area contributed by atoms with Crippen LogP contribution in [0.4, 0.5) is 0 Å². The minimum atomic E-state index is 0.808. The van der Waals surface area contributed by atoms with Crippen LogP contribution >= 0.6 is 11.3 Å². The largest absolute Gasteiger partial charge is 0.496 e. The zero-order valence-electron chi connectivity index (χ0n) is 12.6. The Labute approximate surface area is 130 Å². The quantitative estimate of drug-likeness (QED) is 0.723. The van der Waals surface area contributed by atoms with E-state index in [1.807, 2.05) is 24.3 Å². The van der Waals surface area contributed by atoms with E-state index in [0.29, 0.717) is 0 Å². The first-order chi connectivity index (χ1) is 10.3. The molecule has 0 atom stereocenters. The number of nitrogens with zero attached hydrogens (tertiary/aromatic N) is 1. The van der Waals surface area contributed by atoms with E-state index in [4.69, 9.17) is 14.5 Å². The van der Waals surface area contributed by atoms with E-state index in [1.165, 1.54) is 0 Å². The summed E-state index contributed by atoms with van der Waals surface area (Å²) in [4.78, 5) is 4.70. The van der Waals surface area contributed by atoms with E-state index in [-0.39, 0.29) is 0 Å². The van der Waals surface area contributed by atoms with E-state index < -0.39 is 0 Å². The number of aromatic nitrogens is 1. The van der Waals surface area contributed by atoms with E-state index in [9.17, 15) is 0 Å². The highest BCUT2D eigenvalue weighted by Gasteiger charge is 2.09. The fourth-order valence-corrected chi connectivity index (χ4v) is 2.87. The van der Waals surface area contributed by atoms with Crippen molar-refractivity contribution in [3.8, 4) is 17.0 Å². The summed E-state index contributed by atoms with van der Waals surface area (Å²) in [5.74, 6) is 0.868. The summed E-state index contributed by atoms with van der Waals surface area (Å²) in [6.45, 7) is 2.74. The first kappa shape index (κ1) is 15.9. The Balaban J connectivity index is 1.87. The highest BCUT2D eigenvalue weighted by Crippen LogP contribution is 2.30. The summed E-state index contributed by atoms with van der Waals surface area (Å²) in [6, 6.07) is 7.99. The molecule has 0 aliphatic heterocycles. The lowest BCUT2D eigenvalue weighted by atomic mass is 10.1. The number of hydrogen-bond donors (Lipinski definition) is 1. The molecular formula is C16H22N2O2S. The molecule has 21 heavy (non-hydrogen) atoms. The average Bonchev–Trinajstić information content (AvgIpc) is 2.99. The molecule has 2 rings (SSSR count). The molecule has 1 aromatic heterocycles. The Morgan fingerprint density at radius 3 is 2.86 bits per heavy atom. The third kappa shape index (κ3) is 4.81. The first-order valence-corrected chi connectivity index (χ1v) is 8.00. The molecule has 0 spiro atoms. The van der Waals surface area contributed by atoms with E-state index in [2.05, 4.69) is 10.7 Å². The van der Waals surface area contributed by atoms with Crippen LogP contribution < -0.4 is 10.1 Å². The third-order valence-electron chi connectivity index (χ3n) is 3.15. The molecule has 5 heteroatoms. The van der Waals surface area contributed by atoms with Crippen LogP contribution in [0.5, 0.6) is 5.75 Å². The Bertz CT molecular complexity index is 543. The van der Waals surface area contributed by atoms with Crippen LogP contribution in [0, 0.1) is 0 Å². The van der Waals surface area contributed by atoms with Crippen molar-refractivity contribution in [3.63, 3.8) is 0 Å². The van der Waals surface area contributed by atoms with Crippen LogP contribution in [-0.2, 0) is 11.2 Å². The Morgan fingerprint density at radius 2 is 2.05 bits per heavy atom. The van der Waals surface area contributed by atoms with Crippen LogP contribution in [0.25, 0.3) is 11.3 Å². The number of methoxy groups -OCH3 is 2. The number of hydrogen-bond acceptors (Lipinski definition) is 5. The maximum Gasteiger partial charge on any atom is 0.128 e. The maximum atomic E-state index is 5.39. The van der Waals surface area contributed by atoms with Crippen molar-refractivity contribution in [2.75, 3.05) is 33.9 Å². The molecule has 4 nitrogen and oxygen atoms in total. The fraction of sp³-hybridized carbons (Fsp3) is 0.438. The smallest absolute Gasteiger partial charge is 0.128 e. The van der Waals surface area contributed by atoms with Crippen LogP contribution in [0.2, 0.25) is 0 Å². The summed E-state index contributed by atoms with van der Waals surface area (Å²) in [7, 11) is 3.42. The number of benzene rings is 1. The van der Waals surface area contributed by atoms with Crippen LogP contribution in [0.3, 0.4) is 0 Å². The van der Waals surface area contributed by atoms with Gasteiger partial charge in [-0.3, -0.25) is 0 Å². The lowest BCUT2D eigenvalue weighted by Gasteiger charge is -2.05. The number of ether oxygens (including phenoxy) is 2. The number of rotatable bonds is 9. The standard InChI is InChI=1S/C16H22N2O2S/c1-19-11-5-9-17-10-8-16-18-14(12-21-16)13-6-3-4-7-15(13)20-2/h3-4,6-7,12,17H,5,8-11H2,1-2H3. The van der Waals surface area contributed by atoms with Crippen molar-refractivity contribution in [2.24, 2.45) is 0 Å². The molecule has 0 aliphatic rings. The molecule has 0 saturated heterocycles. The van der Waals surface area contributed by atoms with Crippen LogP contribution in [0.15, 0.2) is 29.6 Å². The molecule has 1 heterocycles. The lowest BCUT2D eigenvalue weighted by molar-refractivity contribution is 0.194. The van der Waals surface area contributed by atoms with Crippen molar-refractivity contribution >= 4 is 11.3 Å². The van der Waals surface area contributed by atoms with Gasteiger partial charge in [-0.15, -0.1) is 11.3 Å². The van der Waals surface area contributed by atoms with Crippen molar-refractivity contribution in [1.29, 1.82) is 0 Å². The van der Waals surface area contributed by atoms with Crippen LogP contribution in [-0.4, -0.2) is 38.9 Å². The first-order valence-electron chi connectivity index (χ1n) is 7.12. The SMILES string of the molecule is COCCCNCCc1nc(-c2ccccc2OC)cs1. The molecule has 1 aromatic carbocycles. The van der Waals surface area contributed by atoms with Gasteiger partial charge in [-0.1, -0.05) is 12.1 Å². The van der Waals surface area contributed by atoms with Crippen LogP contribution in [0.1, 0.15) is 11.4 Å². The minimum Gasteiger partial charge on any atom is -0.496 e. The Hall–Kier alpha value is -1.43. The van der Waals surface area contributed by atoms with Crippen molar-refractivity contribution in [2.45, 2.75) is 12.8 Å². The molecule has 0 fully saturated rings. The highest BCUT2D eigenvalue weighted by atomic mass is 32.1. The second-order valence-electron chi connectivity index (χ2n) is 4.67. The summed E-state index contributed by atoms with van der Waals surface area (Å²) in [5, 5.41) is 6.65. The summed E-state index contributed by atoms with van der Waals surface area (Å²) >= 11 is 1.70. The Morgan fingerprint density at radius 1 is 1.19 bits per heavy atom. The molecule has 1 N–H and O–H groups in total. The van der Waals surface area contributed by atoms with Gasteiger partial charge in [-0.25, -0.2) is 4.98 Å². The predicted molar refractivity (Wildman–Crippen MR) is 87.2 cm³/mol. The van der Waals surface area contributed by atoms with E-state index >= 15 is 0 Å². The predicted octanol–water partition coefficient (Wildman–Crippen LogP) is 2.99. The monoisotopic (exact) mass is 306 g/mol. The highest BCUT2D eigenvalue weighted by molar-refractivity contribution is 7.09. The Kier molecular flexibility index (Phi) is 6.66. The van der Waals surface area contributed by atoms with Gasteiger partial charge in [0.15, 0.2) is 0 Å². The lowest BCUT2D eigenvalue weighted by Crippen LogP contribution is -2.19. The molecule has 0 radical (unpaired) electrons. The van der Waals surface area contributed by atoms with Crippen molar-refractivity contribution in [3.05, 3.63) is 34.7 Å². The number of nitrogens with one attached hydrogen (secondary N) is 1. The van der Waals surface area contributed by atoms with Crippen molar-refractivity contribution < 1.29 is 9.47 Å². The summed E-state index contributed by atoms with van der Waals surface area (Å²) in [6.07, 6.45) is 1.99. The van der Waals surface area contributed by atoms with Gasteiger partial charge in [0.05, 0.1) is 17.8 Å². The van der Waals surface area contributed by atoms with Gasteiger partial charge in [0.1, 0.15) is 5.75 Å². The molecule has 2 aromatic rings. The second-order valence-corrected chi connectivity index (χ2v) is 5.62. The maximum absolute atomic E-state index is 5.39. The van der Waals surface area contributed by atoms with Gasteiger partial charge >= 0.3 is 0 Å². The molecule has 0 unspecified atom stereocenters. The molecule has 114 valence electrons. The van der Waals surface area contributed by atoms with Gasteiger partial charge in [0.25, 0.3) is 0 Å². The molecule has 0 bridgehead atoms. The van der Waals surface area contributed by atoms with Gasteiger partial charge < -0.3 is 14.8 Å². The summed E-state index contributed by atoms with van der Waals surface area (Å²) < 4.78 is 10.4. The van der Waals surface area contributed by atoms with Gasteiger partial charge in [-0.2, -0.15) is 0 Å². The number of para-hydroxylation sites is 1. The van der Waals surface area contributed by atoms with E-state index in [0.717, 1.165) is 54.6 Å². The second kappa shape index (κ2) is 8.77. The van der Waals surface area contributed by atoms with Gasteiger partial charge in [-0.05, 0) is 25.1 Å². The number of thiazole rings is 1. The van der Waals surface area contributed by atoms with Gasteiger partial charge in [0, 0.05) is 37.6 Å². The molecular weight excluding hydrogens is 284 g/mol. The fourth-order valence-electron chi connectivity index (χ4n) is 2.07. The average molecular weight is 306 g/mol. The molecule has 0 amide bonds.